The molecule has 4 rings (SSSR count). The van der Waals surface area contributed by atoms with Gasteiger partial charge in [-0.05, 0) is 30.7 Å². The van der Waals surface area contributed by atoms with Crippen LogP contribution in [0, 0.1) is 11.8 Å². The van der Waals surface area contributed by atoms with Crippen LogP contribution in [0.2, 0.25) is 0 Å². The molecule has 2 aromatic heterocycles. The van der Waals surface area contributed by atoms with Crippen molar-refractivity contribution in [1.29, 1.82) is 0 Å². The van der Waals surface area contributed by atoms with Crippen LogP contribution in [-0.4, -0.2) is 22.1 Å². The molecule has 2 aliphatic rings. The van der Waals surface area contributed by atoms with Crippen molar-refractivity contribution in [1.82, 2.24) is 15.0 Å². The molecule has 2 aromatic rings. The molecule has 0 spiro atoms. The number of nitrogens with zero attached hydrogens (tertiary/aromatic N) is 2. The summed E-state index contributed by atoms with van der Waals surface area (Å²) >= 11 is 0. The molecule has 88 valence electrons. The lowest BCUT2D eigenvalue weighted by atomic mass is 10.1. The van der Waals surface area contributed by atoms with Gasteiger partial charge in [-0.1, -0.05) is 6.42 Å². The number of aromatic amines is 1. The third-order valence-electron chi connectivity index (χ3n) is 4.27. The molecule has 2 aliphatic carbocycles. The fourth-order valence-corrected chi connectivity index (χ4v) is 3.39. The average Bonchev–Trinajstić information content (AvgIpc) is 2.77. The van der Waals surface area contributed by atoms with Crippen LogP contribution in [0.1, 0.15) is 31.0 Å². The second kappa shape index (κ2) is 3.22. The third-order valence-corrected chi connectivity index (χ3v) is 4.27. The number of hydrogen-bond acceptors (Lipinski definition) is 3. The highest BCUT2D eigenvalue weighted by Gasteiger charge is 2.54. The second-order valence-electron chi connectivity index (χ2n) is 5.13. The van der Waals surface area contributed by atoms with Gasteiger partial charge in [-0.3, -0.25) is 0 Å². The molecule has 0 aromatic carbocycles. The van der Waals surface area contributed by atoms with E-state index in [0.29, 0.717) is 11.8 Å². The van der Waals surface area contributed by atoms with Crippen molar-refractivity contribution >= 4 is 11.2 Å². The summed E-state index contributed by atoms with van der Waals surface area (Å²) in [6.07, 6.45) is 4.16. The van der Waals surface area contributed by atoms with E-state index in [0.717, 1.165) is 28.8 Å². The van der Waals surface area contributed by atoms with Gasteiger partial charge in [0.15, 0.2) is 5.65 Å². The van der Waals surface area contributed by atoms with Gasteiger partial charge in [0.1, 0.15) is 5.82 Å². The standard InChI is InChI=1S/C13H15N3O/c1-17-10-6-5-9-12(15-10)16-13(14-9)11-7-3-2-4-8(7)11/h5-8,11H,2-4H2,1H3,(H,14,15,16). The summed E-state index contributed by atoms with van der Waals surface area (Å²) < 4.78 is 5.12. The number of ether oxygens (including phenoxy) is 1. The number of methoxy groups -OCH3 is 1. The first kappa shape index (κ1) is 9.45. The molecule has 2 saturated carbocycles. The molecular formula is C13H15N3O. The fraction of sp³-hybridized carbons (Fsp3) is 0.538. The minimum absolute atomic E-state index is 0.631. The third kappa shape index (κ3) is 1.30. The van der Waals surface area contributed by atoms with Gasteiger partial charge in [0.2, 0.25) is 5.88 Å². The van der Waals surface area contributed by atoms with E-state index in [1.54, 1.807) is 7.11 Å². The first-order valence-electron chi connectivity index (χ1n) is 6.27. The molecule has 4 nitrogen and oxygen atoms in total. The highest BCUT2D eigenvalue weighted by molar-refractivity contribution is 5.71. The Bertz CT molecular complexity index is 567. The second-order valence-corrected chi connectivity index (χ2v) is 5.13. The van der Waals surface area contributed by atoms with Gasteiger partial charge in [-0.15, -0.1) is 0 Å². The van der Waals surface area contributed by atoms with Gasteiger partial charge in [0.05, 0.1) is 12.6 Å². The lowest BCUT2D eigenvalue weighted by Crippen LogP contribution is -1.90. The number of hydrogen-bond donors (Lipinski definition) is 1. The largest absolute Gasteiger partial charge is 0.481 e. The van der Waals surface area contributed by atoms with Crippen LogP contribution in [0.5, 0.6) is 5.88 Å². The Balaban J connectivity index is 1.73. The predicted octanol–water partition coefficient (Wildman–Crippen LogP) is 2.48. The Hall–Kier alpha value is -1.58. The van der Waals surface area contributed by atoms with Crippen LogP contribution in [-0.2, 0) is 0 Å². The van der Waals surface area contributed by atoms with E-state index in [1.165, 1.54) is 19.3 Å². The molecule has 2 fully saturated rings. The zero-order valence-electron chi connectivity index (χ0n) is 9.81. The van der Waals surface area contributed by atoms with Gasteiger partial charge < -0.3 is 9.72 Å². The number of nitrogens with one attached hydrogen (secondary N) is 1. The van der Waals surface area contributed by atoms with Gasteiger partial charge in [-0.2, -0.15) is 4.98 Å². The lowest BCUT2D eigenvalue weighted by Gasteiger charge is -1.97. The Morgan fingerprint density at radius 1 is 1.24 bits per heavy atom. The molecule has 0 aliphatic heterocycles. The minimum Gasteiger partial charge on any atom is -0.481 e. The predicted molar refractivity (Wildman–Crippen MR) is 64.0 cm³/mol. The van der Waals surface area contributed by atoms with E-state index < -0.39 is 0 Å². The quantitative estimate of drug-likeness (QED) is 0.860. The van der Waals surface area contributed by atoms with Crippen LogP contribution in [0.3, 0.4) is 0 Å². The molecule has 0 bridgehead atoms. The first-order valence-corrected chi connectivity index (χ1v) is 6.27. The van der Waals surface area contributed by atoms with Crippen molar-refractivity contribution in [2.24, 2.45) is 11.8 Å². The van der Waals surface area contributed by atoms with Gasteiger partial charge in [-0.25, -0.2) is 4.98 Å². The molecule has 4 heteroatoms. The molecule has 2 atom stereocenters. The van der Waals surface area contributed by atoms with Crippen molar-refractivity contribution in [2.45, 2.75) is 25.2 Å². The van der Waals surface area contributed by atoms with Crippen molar-refractivity contribution < 1.29 is 4.74 Å². The smallest absolute Gasteiger partial charge is 0.215 e. The molecule has 0 saturated heterocycles. The molecule has 1 N–H and O–H groups in total. The van der Waals surface area contributed by atoms with Crippen LogP contribution < -0.4 is 4.74 Å². The number of rotatable bonds is 2. The molecule has 17 heavy (non-hydrogen) atoms. The molecule has 2 heterocycles. The summed E-state index contributed by atoms with van der Waals surface area (Å²) in [6, 6.07) is 3.87. The molecule has 0 radical (unpaired) electrons. The summed E-state index contributed by atoms with van der Waals surface area (Å²) in [5.74, 6) is 4.21. The van der Waals surface area contributed by atoms with Crippen molar-refractivity contribution in [3.8, 4) is 5.88 Å². The molecule has 2 unspecified atom stereocenters. The Labute approximate surface area is 99.4 Å². The van der Waals surface area contributed by atoms with E-state index in [2.05, 4.69) is 15.0 Å². The Morgan fingerprint density at radius 3 is 2.82 bits per heavy atom. The van der Waals surface area contributed by atoms with Gasteiger partial charge in [0.25, 0.3) is 0 Å². The van der Waals surface area contributed by atoms with E-state index in [1.807, 2.05) is 12.1 Å². The van der Waals surface area contributed by atoms with Crippen molar-refractivity contribution in [3.05, 3.63) is 18.0 Å². The minimum atomic E-state index is 0.631. The monoisotopic (exact) mass is 229 g/mol. The number of fused-ring (bicyclic) bond motifs is 2. The van der Waals surface area contributed by atoms with Crippen molar-refractivity contribution in [3.63, 3.8) is 0 Å². The zero-order valence-corrected chi connectivity index (χ0v) is 9.81. The zero-order chi connectivity index (χ0) is 11.4. The van der Waals surface area contributed by atoms with Crippen LogP contribution >= 0.6 is 0 Å². The SMILES string of the molecule is COc1ccc2[nH]c(C3C4CCCC43)nc2n1. The van der Waals surface area contributed by atoms with Crippen molar-refractivity contribution in [2.75, 3.05) is 7.11 Å². The Kier molecular flexibility index (Phi) is 1.79. The normalized spacial score (nSPS) is 30.5. The van der Waals surface area contributed by atoms with E-state index in [-0.39, 0.29) is 0 Å². The van der Waals surface area contributed by atoms with Crippen LogP contribution in [0.25, 0.3) is 11.2 Å². The van der Waals surface area contributed by atoms with Crippen LogP contribution in [0.4, 0.5) is 0 Å². The fourth-order valence-electron chi connectivity index (χ4n) is 3.39. The number of pyridine rings is 1. The summed E-state index contributed by atoms with van der Waals surface area (Å²) in [5, 5.41) is 0. The number of aromatic nitrogens is 3. The average molecular weight is 229 g/mol. The summed E-state index contributed by atoms with van der Waals surface area (Å²) in [6.45, 7) is 0. The number of imidazole rings is 1. The first-order chi connectivity index (χ1) is 8.36. The van der Waals surface area contributed by atoms with E-state index in [4.69, 9.17) is 4.74 Å². The summed E-state index contributed by atoms with van der Waals surface area (Å²) in [4.78, 5) is 12.4. The van der Waals surface area contributed by atoms with Gasteiger partial charge >= 0.3 is 0 Å². The Morgan fingerprint density at radius 2 is 2.06 bits per heavy atom. The summed E-state index contributed by atoms with van der Waals surface area (Å²) in [7, 11) is 1.63. The highest BCUT2D eigenvalue weighted by Crippen LogP contribution is 2.62. The molecule has 0 amide bonds. The number of H-pyrrole nitrogens is 1. The highest BCUT2D eigenvalue weighted by atomic mass is 16.5. The van der Waals surface area contributed by atoms with Gasteiger partial charge in [0, 0.05) is 12.0 Å². The maximum Gasteiger partial charge on any atom is 0.215 e. The van der Waals surface area contributed by atoms with Crippen LogP contribution in [0.15, 0.2) is 12.1 Å². The maximum atomic E-state index is 5.12. The summed E-state index contributed by atoms with van der Waals surface area (Å²) in [5.41, 5.74) is 1.80. The maximum absolute atomic E-state index is 5.12. The lowest BCUT2D eigenvalue weighted by molar-refractivity contribution is 0.399. The van der Waals surface area contributed by atoms with E-state index >= 15 is 0 Å². The topological polar surface area (TPSA) is 50.8 Å². The van der Waals surface area contributed by atoms with E-state index in [9.17, 15) is 0 Å². The molecular weight excluding hydrogens is 214 g/mol.